The molecule has 6 heterocycles. The van der Waals surface area contributed by atoms with E-state index in [0.717, 1.165) is 76.6 Å². The summed E-state index contributed by atoms with van der Waals surface area (Å²) in [7, 11) is 0. The number of fused-ring (bicyclic) bond motifs is 20. The number of benzene rings is 10. The van der Waals surface area contributed by atoms with E-state index < -0.39 is 10.8 Å². The Morgan fingerprint density at radius 1 is 0.295 bits per heavy atom. The van der Waals surface area contributed by atoms with E-state index in [4.69, 9.17) is 8.83 Å². The maximum Gasteiger partial charge on any atom is 0.159 e. The number of furan rings is 2. The molecule has 0 bridgehead atoms. The minimum absolute atomic E-state index is 0.762. The van der Waals surface area contributed by atoms with Crippen molar-refractivity contribution in [1.29, 1.82) is 0 Å². The van der Waals surface area contributed by atoms with Gasteiger partial charge < -0.3 is 8.83 Å². The van der Waals surface area contributed by atoms with Crippen LogP contribution in [0.4, 0.5) is 32.8 Å². The van der Waals surface area contributed by atoms with Gasteiger partial charge in [0.25, 0.3) is 0 Å². The molecule has 1 aliphatic carbocycles. The lowest BCUT2D eigenvalue weighted by Gasteiger charge is -2.51. The van der Waals surface area contributed by atoms with E-state index in [2.05, 4.69) is 265 Å². The molecule has 0 saturated heterocycles. The molecule has 368 valence electrons. The third kappa shape index (κ3) is 6.08. The summed E-state index contributed by atoms with van der Waals surface area (Å²) in [5.41, 5.74) is 13.7. The molecule has 0 radical (unpaired) electrons. The third-order valence-corrected chi connectivity index (χ3v) is 21.0. The van der Waals surface area contributed by atoms with Crippen molar-refractivity contribution < 1.29 is 8.83 Å². The number of thiophene rings is 2. The fraction of sp³-hybridized carbons (Fsp3) is 0.0286. The second-order valence-corrected chi connectivity index (χ2v) is 24.4. The number of para-hydroxylation sites is 6. The van der Waals surface area contributed by atoms with Crippen molar-refractivity contribution in [2.75, 3.05) is 9.80 Å². The van der Waals surface area contributed by atoms with Gasteiger partial charge in [-0.2, -0.15) is 0 Å². The number of rotatable bonds is 6. The second kappa shape index (κ2) is 17.0. The molecule has 2 spiro atoms. The predicted molar refractivity (Wildman–Crippen MR) is 325 cm³/mol. The molecule has 4 aromatic heterocycles. The summed E-state index contributed by atoms with van der Waals surface area (Å²) in [6.45, 7) is 0. The molecule has 0 atom stereocenters. The van der Waals surface area contributed by atoms with Crippen molar-refractivity contribution >= 4 is 123 Å². The lowest BCUT2D eigenvalue weighted by Crippen LogP contribution is -2.45. The van der Waals surface area contributed by atoms with Crippen LogP contribution in [0.3, 0.4) is 0 Å². The van der Waals surface area contributed by atoms with Crippen LogP contribution < -0.4 is 9.80 Å². The van der Waals surface area contributed by atoms with E-state index in [1.54, 1.807) is 0 Å². The lowest BCUT2D eigenvalue weighted by atomic mass is 9.55. The normalized spacial score (nSPS) is 14.3. The Kier molecular flexibility index (Phi) is 9.72. The van der Waals surface area contributed by atoms with Gasteiger partial charge in [-0.05, 0) is 118 Å². The summed E-state index contributed by atoms with van der Waals surface area (Å²) in [6, 6.07) is 93.8. The van der Waals surface area contributed by atoms with Crippen molar-refractivity contribution in [3.05, 3.63) is 298 Å². The van der Waals surface area contributed by atoms with Gasteiger partial charge in [-0.3, -0.25) is 9.80 Å². The average Bonchev–Trinajstić information content (AvgIpc) is 3.82. The van der Waals surface area contributed by atoms with Crippen LogP contribution >= 0.6 is 46.2 Å². The van der Waals surface area contributed by atoms with E-state index >= 15 is 0 Å². The zero-order valence-electron chi connectivity index (χ0n) is 41.6. The van der Waals surface area contributed by atoms with E-state index in [9.17, 15) is 0 Å². The molecule has 17 rings (SSSR count). The van der Waals surface area contributed by atoms with E-state index in [1.807, 2.05) is 46.2 Å². The second-order valence-electron chi connectivity index (χ2n) is 20.2. The van der Waals surface area contributed by atoms with Crippen molar-refractivity contribution in [2.24, 2.45) is 0 Å². The van der Waals surface area contributed by atoms with Crippen LogP contribution in [0.1, 0.15) is 43.1 Å². The van der Waals surface area contributed by atoms with Crippen LogP contribution in [-0.2, 0) is 10.8 Å². The Morgan fingerprint density at radius 3 is 1.03 bits per heavy atom. The Hall–Kier alpha value is -8.50. The highest BCUT2D eigenvalue weighted by Gasteiger charge is 2.60. The maximum atomic E-state index is 6.95. The molecular formula is C70H42N2O2S4. The topological polar surface area (TPSA) is 32.8 Å². The van der Waals surface area contributed by atoms with Crippen LogP contribution in [0.15, 0.2) is 283 Å². The van der Waals surface area contributed by atoms with Gasteiger partial charge >= 0.3 is 0 Å². The lowest BCUT2D eigenvalue weighted by molar-refractivity contribution is 0.609. The van der Waals surface area contributed by atoms with Gasteiger partial charge in [-0.25, -0.2) is 0 Å². The first kappa shape index (κ1) is 44.6. The predicted octanol–water partition coefficient (Wildman–Crippen LogP) is 20.6. The van der Waals surface area contributed by atoms with Gasteiger partial charge in [0, 0.05) is 62.3 Å². The van der Waals surface area contributed by atoms with Gasteiger partial charge in [-0.15, -0.1) is 22.7 Å². The number of nitrogens with zero attached hydrogens (tertiary/aromatic N) is 2. The van der Waals surface area contributed by atoms with E-state index in [1.165, 1.54) is 62.7 Å². The molecule has 14 aromatic rings. The average molecular weight is 1070 g/mol. The summed E-state index contributed by atoms with van der Waals surface area (Å²) in [6.07, 6.45) is 0. The van der Waals surface area contributed by atoms with Crippen LogP contribution in [0, 0.1) is 0 Å². The van der Waals surface area contributed by atoms with Crippen LogP contribution in [0.5, 0.6) is 0 Å². The fourth-order valence-corrected chi connectivity index (χ4v) is 18.5. The van der Waals surface area contributed by atoms with Gasteiger partial charge in [0.1, 0.15) is 21.2 Å². The largest absolute Gasteiger partial charge is 0.454 e. The van der Waals surface area contributed by atoms with E-state index in [-0.39, 0.29) is 0 Å². The van der Waals surface area contributed by atoms with Crippen molar-refractivity contribution in [3.8, 4) is 0 Å². The summed E-state index contributed by atoms with van der Waals surface area (Å²) >= 11 is 7.61. The van der Waals surface area contributed by atoms with Crippen molar-refractivity contribution in [3.63, 3.8) is 0 Å². The highest BCUT2D eigenvalue weighted by molar-refractivity contribution is 7.99. The highest BCUT2D eigenvalue weighted by atomic mass is 32.2. The Morgan fingerprint density at radius 2 is 0.628 bits per heavy atom. The molecule has 78 heavy (non-hydrogen) atoms. The number of hydrogen-bond acceptors (Lipinski definition) is 8. The van der Waals surface area contributed by atoms with Crippen LogP contribution in [0.25, 0.3) is 43.9 Å². The van der Waals surface area contributed by atoms with Crippen LogP contribution in [-0.4, -0.2) is 0 Å². The first-order valence-corrected chi connectivity index (χ1v) is 29.5. The summed E-state index contributed by atoms with van der Waals surface area (Å²) in [5, 5.41) is 6.61. The summed E-state index contributed by atoms with van der Waals surface area (Å²) in [4.78, 5) is 12.5. The Balaban J connectivity index is 1.04. The molecule has 3 aliphatic rings. The molecule has 4 nitrogen and oxygen atoms in total. The van der Waals surface area contributed by atoms with Crippen LogP contribution in [0.2, 0.25) is 0 Å². The molecule has 10 aromatic carbocycles. The summed E-state index contributed by atoms with van der Waals surface area (Å²) < 4.78 is 13.9. The van der Waals surface area contributed by atoms with Crippen molar-refractivity contribution in [1.82, 2.24) is 0 Å². The smallest absolute Gasteiger partial charge is 0.159 e. The number of anilines is 6. The first-order chi connectivity index (χ1) is 38.7. The molecule has 2 aliphatic heterocycles. The van der Waals surface area contributed by atoms with Gasteiger partial charge in [0.15, 0.2) is 11.2 Å². The maximum absolute atomic E-state index is 6.95. The molecule has 8 heteroatoms. The minimum Gasteiger partial charge on any atom is -0.454 e. The van der Waals surface area contributed by atoms with Gasteiger partial charge in [-0.1, -0.05) is 193 Å². The van der Waals surface area contributed by atoms with Crippen molar-refractivity contribution in [2.45, 2.75) is 30.4 Å². The fourth-order valence-electron chi connectivity index (χ4n) is 13.1. The zero-order valence-corrected chi connectivity index (χ0v) is 44.9. The molecule has 0 fully saturated rings. The van der Waals surface area contributed by atoms with E-state index in [0.29, 0.717) is 0 Å². The molecule has 0 N–H and O–H groups in total. The monoisotopic (exact) mass is 1070 g/mol. The SMILES string of the molecule is c1ccc(N(c2cc3c(s2)C2(c4ccccc4Sc4ccccc42)c2cc(N(c4ccccc4)c4cccc5c4oc4ccccc45)sc2C32c3ccccc3Sc3ccccc32)c2cccc3c2oc2ccccc23)cc1. The van der Waals surface area contributed by atoms with Gasteiger partial charge in [0.05, 0.1) is 22.2 Å². The number of hydrogen-bond donors (Lipinski definition) is 0. The minimum atomic E-state index is -0.762. The third-order valence-electron chi connectivity index (χ3n) is 16.2. The first-order valence-electron chi connectivity index (χ1n) is 26.2. The quantitative estimate of drug-likeness (QED) is 0.165. The Bertz CT molecular complexity index is 4300. The molecule has 0 saturated carbocycles. The summed E-state index contributed by atoms with van der Waals surface area (Å²) in [5.74, 6) is 0. The Labute approximate surface area is 466 Å². The molecular weight excluding hydrogens is 1030 g/mol. The molecule has 0 unspecified atom stereocenters. The standard InChI is InChI=1S/C70H42N2O2S4/c1-3-21-43(22-4-1)71(55-33-19-27-47-45-25-7-13-35-57(45)73-65(47)55)63-41-53-67(77-63)70(51-31-11-17-39-61(51)76-62-40-18-12-32-52(62)70)54-42-64(78-68(54)69(53)49-29-9-15-37-59(49)75-60-38-16-10-30-50(60)69)72(44-23-5-2-6-24-44)56-34-20-28-48-46-26-8-14-36-58(46)74-66(48)56/h1-42H. The highest BCUT2D eigenvalue weighted by Crippen LogP contribution is 2.71. The molecule has 0 amide bonds. The zero-order chi connectivity index (χ0) is 51.1. The van der Waals surface area contributed by atoms with Gasteiger partial charge in [0.2, 0.25) is 0 Å².